The first-order chi connectivity index (χ1) is 14.2. The quantitative estimate of drug-likeness (QED) is 0.698. The largest absolute Gasteiger partial charge is 0.508 e. The van der Waals surface area contributed by atoms with E-state index in [-0.39, 0.29) is 17.5 Å². The molecule has 2 aliphatic heterocycles. The van der Waals surface area contributed by atoms with Crippen LogP contribution in [0.15, 0.2) is 71.8 Å². The van der Waals surface area contributed by atoms with Crippen molar-refractivity contribution in [3.63, 3.8) is 0 Å². The van der Waals surface area contributed by atoms with Gasteiger partial charge in [0, 0.05) is 23.1 Å². The van der Waals surface area contributed by atoms with Crippen LogP contribution in [0.1, 0.15) is 35.4 Å². The molecule has 146 valence electrons. The predicted molar refractivity (Wildman–Crippen MR) is 108 cm³/mol. The first-order valence-corrected chi connectivity index (χ1v) is 9.42. The summed E-state index contributed by atoms with van der Waals surface area (Å²) in [6, 6.07) is 19.9. The van der Waals surface area contributed by atoms with Gasteiger partial charge in [-0.3, -0.25) is 0 Å². The first kappa shape index (κ1) is 17.4. The van der Waals surface area contributed by atoms with Crippen molar-refractivity contribution < 1.29 is 19.7 Å². The number of rotatable bonds is 3. The molecule has 0 aromatic heterocycles. The van der Waals surface area contributed by atoms with Gasteiger partial charge in [0.1, 0.15) is 11.5 Å². The fourth-order valence-corrected chi connectivity index (χ4v) is 3.98. The minimum atomic E-state index is -0.479. The van der Waals surface area contributed by atoms with Gasteiger partial charge in [0.05, 0.1) is 18.9 Å². The van der Waals surface area contributed by atoms with E-state index in [0.717, 1.165) is 22.4 Å². The van der Waals surface area contributed by atoms with E-state index in [1.807, 2.05) is 47.5 Å². The Kier molecular flexibility index (Phi) is 4.05. The summed E-state index contributed by atoms with van der Waals surface area (Å²) in [6.45, 7) is 0. The zero-order valence-corrected chi connectivity index (χ0v) is 15.8. The SMILES string of the molecule is COc1cccc2c1O[C@@H](c1ccc(O)cc1)N1N=C(c3ccccc3O)C[C@H]21. The van der Waals surface area contributed by atoms with Crippen LogP contribution in [0.25, 0.3) is 0 Å². The molecule has 0 amide bonds. The number of hydrogen-bond donors (Lipinski definition) is 2. The molecule has 6 nitrogen and oxygen atoms in total. The Morgan fingerprint density at radius 1 is 1.00 bits per heavy atom. The lowest BCUT2D eigenvalue weighted by Gasteiger charge is -2.38. The lowest BCUT2D eigenvalue weighted by Crippen LogP contribution is -2.33. The van der Waals surface area contributed by atoms with Crippen LogP contribution in [0.2, 0.25) is 0 Å². The van der Waals surface area contributed by atoms with Gasteiger partial charge >= 0.3 is 0 Å². The van der Waals surface area contributed by atoms with Gasteiger partial charge in [-0.05, 0) is 42.5 Å². The second kappa shape index (κ2) is 6.74. The number of benzene rings is 3. The number of phenols is 2. The zero-order chi connectivity index (χ0) is 20.0. The summed E-state index contributed by atoms with van der Waals surface area (Å²) in [7, 11) is 1.62. The van der Waals surface area contributed by atoms with Gasteiger partial charge in [-0.15, -0.1) is 0 Å². The number of para-hydroxylation sites is 2. The van der Waals surface area contributed by atoms with Crippen molar-refractivity contribution in [1.82, 2.24) is 5.01 Å². The molecule has 3 aromatic rings. The molecule has 2 aliphatic rings. The summed E-state index contributed by atoms with van der Waals surface area (Å²) in [5.41, 5.74) is 3.38. The van der Waals surface area contributed by atoms with E-state index in [4.69, 9.17) is 14.6 Å². The van der Waals surface area contributed by atoms with Crippen molar-refractivity contribution in [2.45, 2.75) is 18.7 Å². The summed E-state index contributed by atoms with van der Waals surface area (Å²) in [6.07, 6.45) is 0.156. The summed E-state index contributed by atoms with van der Waals surface area (Å²) in [5, 5.41) is 26.8. The van der Waals surface area contributed by atoms with Crippen LogP contribution in [-0.4, -0.2) is 28.0 Å². The van der Waals surface area contributed by atoms with E-state index in [9.17, 15) is 10.2 Å². The predicted octanol–water partition coefficient (Wildman–Crippen LogP) is 4.35. The highest BCUT2D eigenvalue weighted by molar-refractivity contribution is 6.04. The fraction of sp³-hybridized carbons (Fsp3) is 0.174. The van der Waals surface area contributed by atoms with Gasteiger partial charge in [-0.25, -0.2) is 5.01 Å². The Morgan fingerprint density at radius 3 is 2.55 bits per heavy atom. The number of fused-ring (bicyclic) bond motifs is 3. The molecule has 29 heavy (non-hydrogen) atoms. The Labute approximate surface area is 168 Å². The number of hydrazone groups is 1. The Balaban J connectivity index is 1.63. The Bertz CT molecular complexity index is 1090. The van der Waals surface area contributed by atoms with Crippen LogP contribution < -0.4 is 9.47 Å². The molecule has 0 unspecified atom stereocenters. The van der Waals surface area contributed by atoms with Crippen LogP contribution in [0.5, 0.6) is 23.0 Å². The maximum atomic E-state index is 10.3. The highest BCUT2D eigenvalue weighted by atomic mass is 16.5. The van der Waals surface area contributed by atoms with Crippen LogP contribution >= 0.6 is 0 Å². The molecule has 0 radical (unpaired) electrons. The number of nitrogens with zero attached hydrogens (tertiary/aromatic N) is 2. The fourth-order valence-electron chi connectivity index (χ4n) is 3.98. The summed E-state index contributed by atoms with van der Waals surface area (Å²) < 4.78 is 11.9. The van der Waals surface area contributed by atoms with Crippen LogP contribution in [0, 0.1) is 0 Å². The summed E-state index contributed by atoms with van der Waals surface area (Å²) >= 11 is 0. The molecule has 6 heteroatoms. The first-order valence-electron chi connectivity index (χ1n) is 9.42. The number of phenolic OH excluding ortho intramolecular Hbond substituents is 2. The molecule has 0 bridgehead atoms. The minimum absolute atomic E-state index is 0.0535. The molecule has 2 atom stereocenters. The van der Waals surface area contributed by atoms with E-state index >= 15 is 0 Å². The van der Waals surface area contributed by atoms with E-state index < -0.39 is 6.23 Å². The zero-order valence-electron chi connectivity index (χ0n) is 15.8. The molecule has 2 N–H and O–H groups in total. The highest BCUT2D eigenvalue weighted by Gasteiger charge is 2.42. The van der Waals surface area contributed by atoms with E-state index in [0.29, 0.717) is 17.9 Å². The average molecular weight is 388 g/mol. The van der Waals surface area contributed by atoms with Gasteiger partial charge in [0.25, 0.3) is 0 Å². The topological polar surface area (TPSA) is 74.5 Å². The van der Waals surface area contributed by atoms with Gasteiger partial charge in [0.15, 0.2) is 11.5 Å². The Hall–Kier alpha value is -3.67. The third-order valence-corrected chi connectivity index (χ3v) is 5.39. The number of methoxy groups -OCH3 is 1. The van der Waals surface area contributed by atoms with Crippen molar-refractivity contribution in [2.24, 2.45) is 5.10 Å². The number of hydrogen-bond acceptors (Lipinski definition) is 6. The molecule has 0 fully saturated rings. The van der Waals surface area contributed by atoms with Crippen LogP contribution in [0.4, 0.5) is 0 Å². The van der Waals surface area contributed by atoms with E-state index in [2.05, 4.69) is 0 Å². The molecule has 2 heterocycles. The molecule has 5 rings (SSSR count). The number of ether oxygens (including phenoxy) is 2. The molecule has 3 aromatic carbocycles. The average Bonchev–Trinajstić information content (AvgIpc) is 3.19. The van der Waals surface area contributed by atoms with Gasteiger partial charge in [-0.2, -0.15) is 5.10 Å². The highest BCUT2D eigenvalue weighted by Crippen LogP contribution is 2.51. The lowest BCUT2D eigenvalue weighted by molar-refractivity contribution is -0.0209. The standard InChI is InChI=1S/C23H20N2O4/c1-28-21-8-4-6-17-19-13-18(16-5-2-3-7-20(16)27)24-25(19)23(29-22(17)21)14-9-11-15(26)12-10-14/h2-12,19,23,26-27H,13H2,1H3/t19-,23+/m1/s1. The second-order valence-electron chi connectivity index (χ2n) is 7.10. The van der Waals surface area contributed by atoms with Crippen molar-refractivity contribution in [3.05, 3.63) is 83.4 Å². The van der Waals surface area contributed by atoms with Gasteiger partial charge < -0.3 is 19.7 Å². The monoisotopic (exact) mass is 388 g/mol. The normalized spacial score (nSPS) is 19.8. The number of aromatic hydroxyl groups is 2. The van der Waals surface area contributed by atoms with E-state index in [1.54, 1.807) is 31.4 Å². The maximum absolute atomic E-state index is 10.3. The van der Waals surface area contributed by atoms with Gasteiger partial charge in [0.2, 0.25) is 6.23 Å². The third kappa shape index (κ3) is 2.84. The van der Waals surface area contributed by atoms with Crippen molar-refractivity contribution in [3.8, 4) is 23.0 Å². The maximum Gasteiger partial charge on any atom is 0.214 e. The third-order valence-electron chi connectivity index (χ3n) is 5.39. The molecular formula is C23H20N2O4. The Morgan fingerprint density at radius 2 is 1.79 bits per heavy atom. The molecular weight excluding hydrogens is 368 g/mol. The second-order valence-corrected chi connectivity index (χ2v) is 7.10. The van der Waals surface area contributed by atoms with Crippen LogP contribution in [-0.2, 0) is 0 Å². The molecule has 0 saturated carbocycles. The van der Waals surface area contributed by atoms with Crippen molar-refractivity contribution in [1.29, 1.82) is 0 Å². The van der Waals surface area contributed by atoms with Gasteiger partial charge in [-0.1, -0.05) is 24.3 Å². The molecule has 0 spiro atoms. The summed E-state index contributed by atoms with van der Waals surface area (Å²) in [4.78, 5) is 0. The van der Waals surface area contributed by atoms with E-state index in [1.165, 1.54) is 0 Å². The van der Waals surface area contributed by atoms with Crippen molar-refractivity contribution in [2.75, 3.05) is 7.11 Å². The van der Waals surface area contributed by atoms with Crippen molar-refractivity contribution >= 4 is 5.71 Å². The minimum Gasteiger partial charge on any atom is -0.508 e. The molecule has 0 aliphatic carbocycles. The summed E-state index contributed by atoms with van der Waals surface area (Å²) in [5.74, 6) is 1.77. The molecule has 0 saturated heterocycles. The van der Waals surface area contributed by atoms with Crippen LogP contribution in [0.3, 0.4) is 0 Å². The smallest absolute Gasteiger partial charge is 0.214 e. The lowest BCUT2D eigenvalue weighted by atomic mass is 9.95.